The Balaban J connectivity index is 1.62. The summed E-state index contributed by atoms with van der Waals surface area (Å²) < 4.78 is 0. The third kappa shape index (κ3) is 3.02. The summed E-state index contributed by atoms with van der Waals surface area (Å²) in [6, 6.07) is 21.7. The van der Waals surface area contributed by atoms with Crippen molar-refractivity contribution in [3.05, 3.63) is 106 Å². The van der Waals surface area contributed by atoms with Gasteiger partial charge in [0.05, 0.1) is 18.5 Å². The number of hydroxylamine groups is 1. The molecule has 0 atom stereocenters. The monoisotopic (exact) mass is 382 g/mol. The van der Waals surface area contributed by atoms with E-state index in [4.69, 9.17) is 4.84 Å². The highest BCUT2D eigenvalue weighted by Crippen LogP contribution is 2.43. The number of hydrogen-bond donors (Lipinski definition) is 2. The Bertz CT molecular complexity index is 1020. The highest BCUT2D eigenvalue weighted by Gasteiger charge is 2.36. The first-order valence-electron chi connectivity index (χ1n) is 10.3. The maximum Gasteiger partial charge on any atom is 0.0837 e. The summed E-state index contributed by atoms with van der Waals surface area (Å²) >= 11 is 0. The van der Waals surface area contributed by atoms with Crippen LogP contribution in [0.3, 0.4) is 0 Å². The molecule has 29 heavy (non-hydrogen) atoms. The minimum atomic E-state index is -0.159. The van der Waals surface area contributed by atoms with E-state index < -0.39 is 0 Å². The molecule has 2 aliphatic carbocycles. The van der Waals surface area contributed by atoms with Crippen molar-refractivity contribution in [2.75, 3.05) is 7.11 Å². The van der Waals surface area contributed by atoms with Crippen molar-refractivity contribution in [1.29, 1.82) is 0 Å². The minimum absolute atomic E-state index is 0.159. The molecule has 1 fully saturated rings. The average Bonchev–Trinajstić information content (AvgIpc) is 3.16. The van der Waals surface area contributed by atoms with Gasteiger partial charge < -0.3 is 4.98 Å². The van der Waals surface area contributed by atoms with Crippen LogP contribution in [-0.2, 0) is 16.7 Å². The molecule has 1 aromatic heterocycles. The molecule has 3 aromatic rings. The zero-order valence-corrected chi connectivity index (χ0v) is 16.7. The first-order chi connectivity index (χ1) is 14.3. The average molecular weight is 383 g/mol. The van der Waals surface area contributed by atoms with E-state index >= 15 is 0 Å². The van der Waals surface area contributed by atoms with E-state index in [1.807, 2.05) is 0 Å². The van der Waals surface area contributed by atoms with E-state index in [2.05, 4.69) is 89.5 Å². The fraction of sp³-hybridized carbons (Fsp3) is 0.231. The van der Waals surface area contributed by atoms with Gasteiger partial charge in [-0.05, 0) is 47.9 Å². The fourth-order valence-corrected chi connectivity index (χ4v) is 4.64. The van der Waals surface area contributed by atoms with Crippen molar-refractivity contribution in [2.24, 2.45) is 0 Å². The van der Waals surface area contributed by atoms with Crippen molar-refractivity contribution in [3.63, 3.8) is 0 Å². The van der Waals surface area contributed by atoms with Crippen LogP contribution in [0.15, 0.2) is 78.5 Å². The molecular formula is C26H26N2O. The van der Waals surface area contributed by atoms with Gasteiger partial charge in [0.2, 0.25) is 0 Å². The van der Waals surface area contributed by atoms with Crippen LogP contribution < -0.4 is 5.48 Å². The maximum absolute atomic E-state index is 5.30. The highest BCUT2D eigenvalue weighted by atomic mass is 16.6. The molecule has 146 valence electrons. The van der Waals surface area contributed by atoms with E-state index in [9.17, 15) is 0 Å². The second kappa shape index (κ2) is 7.41. The number of H-pyrrole nitrogens is 1. The van der Waals surface area contributed by atoms with Gasteiger partial charge in [0, 0.05) is 17.2 Å². The van der Waals surface area contributed by atoms with Crippen molar-refractivity contribution in [3.8, 4) is 0 Å². The zero-order chi connectivity index (χ0) is 19.7. The molecule has 0 spiro atoms. The van der Waals surface area contributed by atoms with Gasteiger partial charge >= 0.3 is 0 Å². The third-order valence-corrected chi connectivity index (χ3v) is 6.35. The summed E-state index contributed by atoms with van der Waals surface area (Å²) in [7, 11) is 1.68. The largest absolute Gasteiger partial charge is 0.359 e. The Morgan fingerprint density at radius 3 is 2.17 bits per heavy atom. The number of rotatable bonds is 5. The number of fused-ring (bicyclic) bond motifs is 1. The molecule has 0 amide bonds. The van der Waals surface area contributed by atoms with E-state index in [0.29, 0.717) is 0 Å². The van der Waals surface area contributed by atoms with Crippen LogP contribution in [0.25, 0.3) is 11.8 Å². The smallest absolute Gasteiger partial charge is 0.0837 e. The van der Waals surface area contributed by atoms with Crippen LogP contribution in [0.5, 0.6) is 0 Å². The molecule has 1 saturated carbocycles. The maximum atomic E-state index is 5.30. The number of allylic oxidation sites excluding steroid dienone is 2. The molecule has 0 radical (unpaired) electrons. The zero-order valence-electron chi connectivity index (χ0n) is 16.7. The van der Waals surface area contributed by atoms with Gasteiger partial charge in [-0.2, -0.15) is 0 Å². The molecule has 2 N–H and O–H groups in total. The Kier molecular flexibility index (Phi) is 4.61. The summed E-state index contributed by atoms with van der Waals surface area (Å²) in [5.74, 6) is 0. The summed E-state index contributed by atoms with van der Waals surface area (Å²) in [6.45, 7) is 0. The lowest BCUT2D eigenvalue weighted by Crippen LogP contribution is -2.30. The minimum Gasteiger partial charge on any atom is -0.359 e. The van der Waals surface area contributed by atoms with Gasteiger partial charge in [0.15, 0.2) is 0 Å². The van der Waals surface area contributed by atoms with Gasteiger partial charge in [0.25, 0.3) is 0 Å². The number of aromatic nitrogens is 1. The predicted molar refractivity (Wildman–Crippen MR) is 118 cm³/mol. The number of benzene rings is 2. The number of nitrogens with one attached hydrogen (secondary N) is 2. The Hall–Kier alpha value is -3.04. The first-order valence-corrected chi connectivity index (χ1v) is 10.3. The summed E-state index contributed by atoms with van der Waals surface area (Å²) in [5.41, 5.74) is 11.9. The molecule has 2 aliphatic rings. The Labute approximate surface area is 172 Å². The van der Waals surface area contributed by atoms with Gasteiger partial charge in [-0.25, -0.2) is 0 Å². The lowest BCUT2D eigenvalue weighted by molar-refractivity contribution is 0.135. The summed E-state index contributed by atoms with van der Waals surface area (Å²) in [4.78, 5) is 8.84. The quantitative estimate of drug-likeness (QED) is 0.562. The highest BCUT2D eigenvalue weighted by molar-refractivity contribution is 5.77. The lowest BCUT2D eigenvalue weighted by atomic mass is 9.67. The van der Waals surface area contributed by atoms with Crippen LogP contribution >= 0.6 is 0 Å². The third-order valence-electron chi connectivity index (χ3n) is 6.35. The molecular weight excluding hydrogens is 356 g/mol. The van der Waals surface area contributed by atoms with Crippen LogP contribution in [0.1, 0.15) is 47.2 Å². The van der Waals surface area contributed by atoms with Gasteiger partial charge in [-0.3, -0.25) is 10.3 Å². The lowest BCUT2D eigenvalue weighted by Gasteiger charge is -2.35. The molecule has 0 aliphatic heterocycles. The summed E-state index contributed by atoms with van der Waals surface area (Å²) in [6.07, 6.45) is 11.3. The molecule has 2 aromatic carbocycles. The van der Waals surface area contributed by atoms with E-state index in [-0.39, 0.29) is 5.41 Å². The van der Waals surface area contributed by atoms with Crippen LogP contribution in [0, 0.1) is 0 Å². The van der Waals surface area contributed by atoms with Crippen molar-refractivity contribution in [1.82, 2.24) is 10.5 Å². The van der Waals surface area contributed by atoms with Crippen molar-refractivity contribution in [2.45, 2.75) is 31.1 Å². The second-order valence-corrected chi connectivity index (χ2v) is 7.95. The molecule has 0 unspecified atom stereocenters. The van der Waals surface area contributed by atoms with Gasteiger partial charge in [-0.15, -0.1) is 0 Å². The van der Waals surface area contributed by atoms with Crippen LogP contribution in [0.2, 0.25) is 0 Å². The Morgan fingerprint density at radius 2 is 1.62 bits per heavy atom. The number of hydrogen-bond acceptors (Lipinski definition) is 2. The normalized spacial score (nSPS) is 16.8. The molecule has 3 heteroatoms. The van der Waals surface area contributed by atoms with Gasteiger partial charge in [0.1, 0.15) is 0 Å². The van der Waals surface area contributed by atoms with Gasteiger partial charge in [-0.1, -0.05) is 72.8 Å². The number of aromatic amines is 1. The van der Waals surface area contributed by atoms with E-state index in [1.165, 1.54) is 34.2 Å². The van der Waals surface area contributed by atoms with E-state index in [0.717, 1.165) is 30.7 Å². The Morgan fingerprint density at radius 1 is 0.966 bits per heavy atom. The predicted octanol–water partition coefficient (Wildman–Crippen LogP) is 5.62. The molecule has 5 rings (SSSR count). The standard InChI is InChI=1S/C26H26N2O/c1-29-28-24(19-9-8-10-19)25-23-15-16-26(17-20(23)18-27-25,21-11-4-2-5-12-21)22-13-6-3-7-14-22/h2-7,11-16,18,27-28H,8-10,17H2,1H3. The van der Waals surface area contributed by atoms with E-state index in [1.54, 1.807) is 7.11 Å². The molecule has 0 bridgehead atoms. The SMILES string of the molecule is CONC(=C1CCC1)c1[nH]cc2c1C=CC(c1ccccc1)(c1ccccc1)C2. The fourth-order valence-electron chi connectivity index (χ4n) is 4.64. The summed E-state index contributed by atoms with van der Waals surface area (Å²) in [5, 5.41) is 0. The van der Waals surface area contributed by atoms with Crippen molar-refractivity contribution < 1.29 is 4.84 Å². The van der Waals surface area contributed by atoms with Crippen molar-refractivity contribution >= 4 is 11.8 Å². The van der Waals surface area contributed by atoms with Crippen LogP contribution in [-0.4, -0.2) is 12.1 Å². The topological polar surface area (TPSA) is 37.0 Å². The van der Waals surface area contributed by atoms with Crippen LogP contribution in [0.4, 0.5) is 0 Å². The molecule has 3 nitrogen and oxygen atoms in total. The molecule has 1 heterocycles. The molecule has 0 saturated heterocycles. The second-order valence-electron chi connectivity index (χ2n) is 7.95. The first kappa shape index (κ1) is 18.0.